The number of nitrogens with two attached hydrogens (primary N) is 1. The third-order valence-electron chi connectivity index (χ3n) is 3.53. The van der Waals surface area contributed by atoms with Crippen LogP contribution in [0.3, 0.4) is 0 Å². The van der Waals surface area contributed by atoms with Crippen LogP contribution in [0.15, 0.2) is 42.5 Å². The molecule has 0 atom stereocenters. The van der Waals surface area contributed by atoms with Crippen molar-refractivity contribution in [1.82, 2.24) is 0 Å². The van der Waals surface area contributed by atoms with Gasteiger partial charge in [-0.1, -0.05) is 18.2 Å². The van der Waals surface area contributed by atoms with Crippen molar-refractivity contribution < 1.29 is 9.53 Å². The van der Waals surface area contributed by atoms with Crippen LogP contribution in [0, 0.1) is 13.8 Å². The molecule has 4 heteroatoms. The fourth-order valence-corrected chi connectivity index (χ4v) is 2.14. The number of benzene rings is 2. The molecule has 0 aliphatic carbocycles. The summed E-state index contributed by atoms with van der Waals surface area (Å²) in [6, 6.07) is 13.1. The Balaban J connectivity index is 1.74. The van der Waals surface area contributed by atoms with Crippen molar-refractivity contribution in [2.45, 2.75) is 26.7 Å². The van der Waals surface area contributed by atoms with E-state index in [1.54, 1.807) is 12.1 Å². The van der Waals surface area contributed by atoms with Gasteiger partial charge in [-0.3, -0.25) is 4.79 Å². The predicted octanol–water partition coefficient (Wildman–Crippen LogP) is 3.68. The van der Waals surface area contributed by atoms with Crippen LogP contribution in [-0.4, -0.2) is 12.5 Å². The van der Waals surface area contributed by atoms with Gasteiger partial charge in [0.2, 0.25) is 5.91 Å². The van der Waals surface area contributed by atoms with Crippen molar-refractivity contribution in [2.24, 2.45) is 0 Å². The summed E-state index contributed by atoms with van der Waals surface area (Å²) >= 11 is 0. The first-order valence-electron chi connectivity index (χ1n) is 7.40. The highest BCUT2D eigenvalue weighted by Crippen LogP contribution is 2.20. The summed E-state index contributed by atoms with van der Waals surface area (Å²) in [4.78, 5) is 11.8. The van der Waals surface area contributed by atoms with E-state index in [0.29, 0.717) is 25.1 Å². The minimum atomic E-state index is -0.0323. The topological polar surface area (TPSA) is 64.3 Å². The molecule has 3 N–H and O–H groups in total. The molecule has 2 rings (SSSR count). The van der Waals surface area contributed by atoms with Crippen molar-refractivity contribution >= 4 is 17.3 Å². The van der Waals surface area contributed by atoms with Crippen molar-refractivity contribution in [2.75, 3.05) is 17.7 Å². The van der Waals surface area contributed by atoms with Gasteiger partial charge in [-0.2, -0.15) is 0 Å². The minimum absolute atomic E-state index is 0.0323. The van der Waals surface area contributed by atoms with Gasteiger partial charge in [0.05, 0.1) is 6.61 Å². The number of nitrogens with one attached hydrogen (secondary N) is 1. The highest BCUT2D eigenvalue weighted by Gasteiger charge is 2.04. The first kappa shape index (κ1) is 15.9. The molecule has 0 fully saturated rings. The first-order chi connectivity index (χ1) is 10.6. The number of rotatable bonds is 6. The molecule has 0 aliphatic heterocycles. The maximum atomic E-state index is 11.8. The van der Waals surface area contributed by atoms with E-state index >= 15 is 0 Å². The lowest BCUT2D eigenvalue weighted by molar-refractivity contribution is -0.116. The van der Waals surface area contributed by atoms with Gasteiger partial charge < -0.3 is 15.8 Å². The van der Waals surface area contributed by atoms with E-state index in [9.17, 15) is 4.79 Å². The van der Waals surface area contributed by atoms with E-state index in [1.165, 1.54) is 5.56 Å². The average Bonchev–Trinajstić information content (AvgIpc) is 2.48. The summed E-state index contributed by atoms with van der Waals surface area (Å²) < 4.78 is 5.74. The molecule has 0 aliphatic rings. The molecule has 1 amide bonds. The molecule has 0 heterocycles. The van der Waals surface area contributed by atoms with Gasteiger partial charge in [0, 0.05) is 17.8 Å². The standard InChI is InChI=1S/C18H22N2O2/c1-13-6-3-9-17(14(13)2)22-11-5-10-18(21)20-16-8-4-7-15(19)12-16/h3-4,6-9,12H,5,10-11,19H2,1-2H3,(H,20,21). The second-order valence-electron chi connectivity index (χ2n) is 5.32. The molecular weight excluding hydrogens is 276 g/mol. The summed E-state index contributed by atoms with van der Waals surface area (Å²) in [6.07, 6.45) is 1.08. The molecule has 4 nitrogen and oxygen atoms in total. The van der Waals surface area contributed by atoms with Gasteiger partial charge in [-0.05, 0) is 55.7 Å². The fraction of sp³-hybridized carbons (Fsp3) is 0.278. The summed E-state index contributed by atoms with van der Waals surface area (Å²) in [5, 5.41) is 2.83. The number of hydrogen-bond donors (Lipinski definition) is 2. The molecular formula is C18H22N2O2. The summed E-state index contributed by atoms with van der Waals surface area (Å²) in [7, 11) is 0. The van der Waals surface area contributed by atoms with Crippen LogP contribution in [0.25, 0.3) is 0 Å². The Morgan fingerprint density at radius 1 is 1.18 bits per heavy atom. The van der Waals surface area contributed by atoms with Crippen LogP contribution in [0.1, 0.15) is 24.0 Å². The van der Waals surface area contributed by atoms with E-state index in [1.807, 2.05) is 31.2 Å². The zero-order valence-electron chi connectivity index (χ0n) is 13.1. The third kappa shape index (κ3) is 4.52. The monoisotopic (exact) mass is 298 g/mol. The lowest BCUT2D eigenvalue weighted by Gasteiger charge is -2.11. The van der Waals surface area contributed by atoms with E-state index in [4.69, 9.17) is 10.5 Å². The van der Waals surface area contributed by atoms with Crippen molar-refractivity contribution in [3.63, 3.8) is 0 Å². The van der Waals surface area contributed by atoms with Crippen LogP contribution in [0.2, 0.25) is 0 Å². The number of nitrogen functional groups attached to an aromatic ring is 1. The number of carbonyl (C=O) groups is 1. The largest absolute Gasteiger partial charge is 0.493 e. The van der Waals surface area contributed by atoms with Crippen LogP contribution in [-0.2, 0) is 4.79 Å². The normalized spacial score (nSPS) is 10.3. The highest BCUT2D eigenvalue weighted by molar-refractivity contribution is 5.91. The first-order valence-corrected chi connectivity index (χ1v) is 7.40. The van der Waals surface area contributed by atoms with Gasteiger partial charge in [-0.15, -0.1) is 0 Å². The molecule has 0 bridgehead atoms. The second kappa shape index (κ2) is 7.50. The van der Waals surface area contributed by atoms with Gasteiger partial charge in [0.1, 0.15) is 5.75 Å². The van der Waals surface area contributed by atoms with Crippen LogP contribution in [0.4, 0.5) is 11.4 Å². The molecule has 0 radical (unpaired) electrons. The number of carbonyl (C=O) groups excluding carboxylic acids is 1. The number of anilines is 2. The maximum Gasteiger partial charge on any atom is 0.224 e. The second-order valence-corrected chi connectivity index (χ2v) is 5.32. The Kier molecular flexibility index (Phi) is 5.42. The van der Waals surface area contributed by atoms with E-state index in [2.05, 4.69) is 18.3 Å². The Morgan fingerprint density at radius 2 is 1.95 bits per heavy atom. The van der Waals surface area contributed by atoms with Crippen molar-refractivity contribution in [1.29, 1.82) is 0 Å². The lowest BCUT2D eigenvalue weighted by Crippen LogP contribution is -2.13. The predicted molar refractivity (Wildman–Crippen MR) is 90.1 cm³/mol. The van der Waals surface area contributed by atoms with E-state index < -0.39 is 0 Å². The fourth-order valence-electron chi connectivity index (χ4n) is 2.14. The van der Waals surface area contributed by atoms with Crippen molar-refractivity contribution in [3.8, 4) is 5.75 Å². The smallest absolute Gasteiger partial charge is 0.224 e. The highest BCUT2D eigenvalue weighted by atomic mass is 16.5. The van der Waals surface area contributed by atoms with Gasteiger partial charge in [-0.25, -0.2) is 0 Å². The Hall–Kier alpha value is -2.49. The Labute approximate surface area is 131 Å². The SMILES string of the molecule is Cc1cccc(OCCCC(=O)Nc2cccc(N)c2)c1C. The van der Waals surface area contributed by atoms with Gasteiger partial charge >= 0.3 is 0 Å². The third-order valence-corrected chi connectivity index (χ3v) is 3.53. The molecule has 0 saturated carbocycles. The van der Waals surface area contributed by atoms with E-state index in [0.717, 1.165) is 17.0 Å². The Bertz CT molecular complexity index is 653. The molecule has 22 heavy (non-hydrogen) atoms. The zero-order valence-corrected chi connectivity index (χ0v) is 13.1. The molecule has 0 saturated heterocycles. The minimum Gasteiger partial charge on any atom is -0.493 e. The molecule has 0 spiro atoms. The molecule has 2 aromatic rings. The maximum absolute atomic E-state index is 11.8. The quantitative estimate of drug-likeness (QED) is 0.631. The molecule has 0 unspecified atom stereocenters. The lowest BCUT2D eigenvalue weighted by atomic mass is 10.1. The van der Waals surface area contributed by atoms with Gasteiger partial charge in [0.25, 0.3) is 0 Å². The van der Waals surface area contributed by atoms with Crippen LogP contribution in [0.5, 0.6) is 5.75 Å². The van der Waals surface area contributed by atoms with Crippen LogP contribution < -0.4 is 15.8 Å². The number of aryl methyl sites for hydroxylation is 1. The van der Waals surface area contributed by atoms with E-state index in [-0.39, 0.29) is 5.91 Å². The van der Waals surface area contributed by atoms with Crippen molar-refractivity contribution in [3.05, 3.63) is 53.6 Å². The zero-order chi connectivity index (χ0) is 15.9. The van der Waals surface area contributed by atoms with Gasteiger partial charge in [0.15, 0.2) is 0 Å². The molecule has 0 aromatic heterocycles. The number of ether oxygens (including phenoxy) is 1. The summed E-state index contributed by atoms with van der Waals surface area (Å²) in [5.74, 6) is 0.853. The average molecular weight is 298 g/mol. The Morgan fingerprint density at radius 3 is 2.73 bits per heavy atom. The summed E-state index contributed by atoms with van der Waals surface area (Å²) in [6.45, 7) is 4.62. The molecule has 116 valence electrons. The summed E-state index contributed by atoms with van der Waals surface area (Å²) in [5.41, 5.74) is 9.38. The van der Waals surface area contributed by atoms with Crippen LogP contribution >= 0.6 is 0 Å². The number of amides is 1. The molecule has 2 aromatic carbocycles. The number of hydrogen-bond acceptors (Lipinski definition) is 3.